The minimum atomic E-state index is -0.752. The van der Waals surface area contributed by atoms with Crippen molar-refractivity contribution in [3.8, 4) is 6.07 Å². The number of rotatable bonds is 5. The molecular weight excluding hydrogens is 348 g/mol. The minimum absolute atomic E-state index is 0.258. The average Bonchev–Trinajstić information content (AvgIpc) is 2.56. The van der Waals surface area contributed by atoms with Gasteiger partial charge in [0.05, 0.1) is 11.1 Å². The third-order valence-corrected chi connectivity index (χ3v) is 3.68. The Morgan fingerprint density at radius 3 is 2.76 bits per heavy atom. The van der Waals surface area contributed by atoms with E-state index in [-0.39, 0.29) is 12.1 Å². The first-order valence-corrected chi connectivity index (χ1v) is 7.47. The largest absolute Gasteiger partial charge is 0.340 e. The van der Waals surface area contributed by atoms with Gasteiger partial charge in [-0.2, -0.15) is 5.26 Å². The summed E-state index contributed by atoms with van der Waals surface area (Å²) in [4.78, 5) is 35.9. The molecule has 0 N–H and O–H groups in total. The molecule has 0 aliphatic heterocycles. The fraction of sp³-hybridized carbons (Fsp3) is 0.188. The number of aromatic nitrogens is 1. The second kappa shape index (κ2) is 7.59. The average molecular weight is 361 g/mol. The Bertz CT molecular complexity index is 932. The molecule has 25 heavy (non-hydrogen) atoms. The van der Waals surface area contributed by atoms with E-state index in [4.69, 9.17) is 16.9 Å². The molecule has 128 valence electrons. The van der Waals surface area contributed by atoms with Crippen LogP contribution in [0.2, 0.25) is 5.02 Å². The highest BCUT2D eigenvalue weighted by atomic mass is 35.5. The van der Waals surface area contributed by atoms with E-state index < -0.39 is 28.6 Å². The highest BCUT2D eigenvalue weighted by Crippen LogP contribution is 2.13. The summed E-state index contributed by atoms with van der Waals surface area (Å²) in [5.41, 5.74) is -0.772. The lowest BCUT2D eigenvalue weighted by Gasteiger charge is -2.18. The molecule has 1 aromatic carbocycles. The molecule has 8 nitrogen and oxygen atoms in total. The molecule has 1 aromatic heterocycles. The second-order valence-corrected chi connectivity index (χ2v) is 5.73. The van der Waals surface area contributed by atoms with E-state index in [9.17, 15) is 19.7 Å². The van der Waals surface area contributed by atoms with E-state index in [1.165, 1.54) is 11.9 Å². The van der Waals surface area contributed by atoms with E-state index in [2.05, 4.69) is 0 Å². The van der Waals surface area contributed by atoms with Gasteiger partial charge >= 0.3 is 0 Å². The van der Waals surface area contributed by atoms with Gasteiger partial charge < -0.3 is 4.90 Å². The summed E-state index contributed by atoms with van der Waals surface area (Å²) in [7, 11) is 1.54. The number of carbonyl (C=O) groups is 1. The molecule has 2 aromatic rings. The van der Waals surface area contributed by atoms with Gasteiger partial charge in [-0.15, -0.1) is 0 Å². The zero-order valence-electron chi connectivity index (χ0n) is 13.2. The Kier molecular flexibility index (Phi) is 5.52. The predicted octanol–water partition coefficient (Wildman–Crippen LogP) is 1.94. The number of amides is 1. The van der Waals surface area contributed by atoms with Crippen molar-refractivity contribution in [2.75, 3.05) is 7.05 Å². The molecule has 0 aliphatic carbocycles. The molecule has 1 amide bonds. The highest BCUT2D eigenvalue weighted by Gasteiger charge is 2.17. The van der Waals surface area contributed by atoms with Gasteiger partial charge in [-0.25, -0.2) is 0 Å². The lowest BCUT2D eigenvalue weighted by atomic mass is 10.2. The number of nitro groups is 1. The zero-order chi connectivity index (χ0) is 18.6. The first-order valence-electron chi connectivity index (χ1n) is 7.09. The maximum atomic E-state index is 12.3. The fourth-order valence-electron chi connectivity index (χ4n) is 2.18. The standard InChI is InChI=1S/C16H13ClN4O4/c1-19(8-11-3-2-4-13(17)5-11)15(22)10-20-9-14(21(24)25)6-12(7-18)16(20)23/h2-6,9H,8,10H2,1H3. The van der Waals surface area contributed by atoms with Crippen LogP contribution in [0.15, 0.2) is 41.3 Å². The van der Waals surface area contributed by atoms with Crippen LogP contribution in [0.5, 0.6) is 0 Å². The molecule has 0 unspecified atom stereocenters. The number of likely N-dealkylation sites (N-methyl/N-ethyl adjacent to an activating group) is 1. The molecule has 2 rings (SSSR count). The number of hydrogen-bond acceptors (Lipinski definition) is 5. The molecule has 0 saturated heterocycles. The normalized spacial score (nSPS) is 10.1. The van der Waals surface area contributed by atoms with Crippen LogP contribution in [0.1, 0.15) is 11.1 Å². The van der Waals surface area contributed by atoms with E-state index >= 15 is 0 Å². The molecule has 0 aliphatic rings. The van der Waals surface area contributed by atoms with Crippen molar-refractivity contribution in [2.45, 2.75) is 13.1 Å². The van der Waals surface area contributed by atoms with Gasteiger partial charge in [0.25, 0.3) is 11.2 Å². The van der Waals surface area contributed by atoms with Crippen LogP contribution >= 0.6 is 11.6 Å². The molecule has 0 bridgehead atoms. The number of benzene rings is 1. The van der Waals surface area contributed by atoms with Crippen LogP contribution < -0.4 is 5.56 Å². The second-order valence-electron chi connectivity index (χ2n) is 5.29. The van der Waals surface area contributed by atoms with Gasteiger partial charge in [0.2, 0.25) is 5.91 Å². The molecular formula is C16H13ClN4O4. The van der Waals surface area contributed by atoms with Crippen molar-refractivity contribution in [1.82, 2.24) is 9.47 Å². The zero-order valence-corrected chi connectivity index (χ0v) is 13.9. The molecule has 0 atom stereocenters. The van der Waals surface area contributed by atoms with Crippen LogP contribution in [0.4, 0.5) is 5.69 Å². The van der Waals surface area contributed by atoms with Crippen molar-refractivity contribution >= 4 is 23.2 Å². The van der Waals surface area contributed by atoms with Crippen LogP contribution in [0, 0.1) is 21.4 Å². The third kappa shape index (κ3) is 4.43. The van der Waals surface area contributed by atoms with E-state index in [0.29, 0.717) is 5.02 Å². The fourth-order valence-corrected chi connectivity index (χ4v) is 2.39. The van der Waals surface area contributed by atoms with Crippen molar-refractivity contribution in [3.05, 3.63) is 73.1 Å². The van der Waals surface area contributed by atoms with Gasteiger partial charge in [0.15, 0.2) is 0 Å². The van der Waals surface area contributed by atoms with E-state index in [1.807, 2.05) is 0 Å². The first-order chi connectivity index (χ1) is 11.8. The van der Waals surface area contributed by atoms with Gasteiger partial charge in [-0.1, -0.05) is 23.7 Å². The van der Waals surface area contributed by atoms with Crippen LogP contribution in [-0.4, -0.2) is 27.3 Å². The Balaban J connectivity index is 2.22. The van der Waals surface area contributed by atoms with Crippen molar-refractivity contribution in [1.29, 1.82) is 5.26 Å². The van der Waals surface area contributed by atoms with E-state index in [0.717, 1.165) is 22.4 Å². The summed E-state index contributed by atoms with van der Waals surface area (Å²) in [6.07, 6.45) is 0.953. The highest BCUT2D eigenvalue weighted by molar-refractivity contribution is 6.30. The van der Waals surface area contributed by atoms with Gasteiger partial charge in [-0.05, 0) is 17.7 Å². The molecule has 0 spiro atoms. The van der Waals surface area contributed by atoms with Crippen molar-refractivity contribution in [2.24, 2.45) is 0 Å². The molecule has 0 fully saturated rings. The minimum Gasteiger partial charge on any atom is -0.340 e. The number of hydrogen-bond donors (Lipinski definition) is 0. The third-order valence-electron chi connectivity index (χ3n) is 3.44. The molecule has 1 heterocycles. The Morgan fingerprint density at radius 2 is 2.16 bits per heavy atom. The lowest BCUT2D eigenvalue weighted by Crippen LogP contribution is -2.34. The van der Waals surface area contributed by atoms with Gasteiger partial charge in [0.1, 0.15) is 18.2 Å². The number of halogens is 1. The number of nitrogens with zero attached hydrogens (tertiary/aromatic N) is 4. The van der Waals surface area contributed by atoms with Crippen LogP contribution in [0.25, 0.3) is 0 Å². The summed E-state index contributed by atoms with van der Waals surface area (Å²) < 4.78 is 0.869. The van der Waals surface area contributed by atoms with Crippen molar-refractivity contribution < 1.29 is 9.72 Å². The topological polar surface area (TPSA) is 109 Å². The predicted molar refractivity (Wildman–Crippen MR) is 90.0 cm³/mol. The monoisotopic (exact) mass is 360 g/mol. The number of pyridine rings is 1. The molecule has 0 saturated carbocycles. The summed E-state index contributed by atoms with van der Waals surface area (Å²) in [5, 5.41) is 20.4. The molecule has 0 radical (unpaired) electrons. The molecule has 9 heteroatoms. The van der Waals surface area contributed by atoms with Crippen molar-refractivity contribution in [3.63, 3.8) is 0 Å². The number of nitriles is 1. The summed E-state index contributed by atoms with van der Waals surface area (Å²) in [5.74, 6) is -0.438. The lowest BCUT2D eigenvalue weighted by molar-refractivity contribution is -0.385. The van der Waals surface area contributed by atoms with Crippen LogP contribution in [0.3, 0.4) is 0 Å². The smallest absolute Gasteiger partial charge is 0.287 e. The summed E-state index contributed by atoms with van der Waals surface area (Å²) >= 11 is 5.90. The summed E-state index contributed by atoms with van der Waals surface area (Å²) in [6, 6.07) is 9.45. The Hall–Kier alpha value is -3.18. The maximum Gasteiger partial charge on any atom is 0.287 e. The Labute approximate surface area is 147 Å². The first kappa shape index (κ1) is 18.2. The Morgan fingerprint density at radius 1 is 1.44 bits per heavy atom. The quantitative estimate of drug-likeness (QED) is 0.597. The summed E-state index contributed by atoms with van der Waals surface area (Å²) in [6.45, 7) is -0.152. The van der Waals surface area contributed by atoms with Gasteiger partial charge in [-0.3, -0.25) is 24.3 Å². The van der Waals surface area contributed by atoms with Crippen LogP contribution in [-0.2, 0) is 17.9 Å². The SMILES string of the molecule is CN(Cc1cccc(Cl)c1)C(=O)Cn1cc([N+](=O)[O-])cc(C#N)c1=O. The van der Waals surface area contributed by atoms with Gasteiger partial charge in [0, 0.05) is 24.7 Å². The van der Waals surface area contributed by atoms with E-state index in [1.54, 1.807) is 30.3 Å². The maximum absolute atomic E-state index is 12.3. The number of carbonyl (C=O) groups excluding carboxylic acids is 1.